The van der Waals surface area contributed by atoms with Gasteiger partial charge in [0.25, 0.3) is 0 Å². The maximum atomic E-state index is 11.7. The van der Waals surface area contributed by atoms with Crippen molar-refractivity contribution in [2.24, 2.45) is 0 Å². The van der Waals surface area contributed by atoms with Crippen LogP contribution in [0.4, 0.5) is 0 Å². The Kier molecular flexibility index (Phi) is 4.29. The number of carbonyl (C=O) groups is 1. The summed E-state index contributed by atoms with van der Waals surface area (Å²) >= 11 is 0. The average molecular weight is 323 g/mol. The highest BCUT2D eigenvalue weighted by molar-refractivity contribution is 5.90. The van der Waals surface area contributed by atoms with Crippen LogP contribution in [0.1, 0.15) is 23.0 Å². The van der Waals surface area contributed by atoms with E-state index in [1.165, 1.54) is 4.68 Å². The number of hydrogen-bond donors (Lipinski definition) is 1. The predicted molar refractivity (Wildman–Crippen MR) is 89.2 cm³/mol. The number of aromatic hydroxyl groups is 1. The van der Waals surface area contributed by atoms with Crippen molar-refractivity contribution in [2.75, 3.05) is 6.61 Å². The Morgan fingerprint density at radius 1 is 1.21 bits per heavy atom. The van der Waals surface area contributed by atoms with Gasteiger partial charge in [-0.05, 0) is 43.7 Å². The first kappa shape index (κ1) is 15.7. The monoisotopic (exact) mass is 323 g/mol. The summed E-state index contributed by atoms with van der Waals surface area (Å²) in [7, 11) is 0. The summed E-state index contributed by atoms with van der Waals surface area (Å²) < 4.78 is 6.36. The molecule has 0 aliphatic rings. The Morgan fingerprint density at radius 2 is 1.96 bits per heavy atom. The fraction of sp³-hybridized carbons (Fsp3) is 0.167. The first-order valence-corrected chi connectivity index (χ1v) is 7.59. The molecular weight excluding hydrogens is 306 g/mol. The molecule has 0 saturated carbocycles. The highest BCUT2D eigenvalue weighted by atomic mass is 16.5. The van der Waals surface area contributed by atoms with Crippen LogP contribution in [-0.4, -0.2) is 32.4 Å². The maximum absolute atomic E-state index is 11.7. The number of ether oxygens (including phenoxy) is 1. The van der Waals surface area contributed by atoms with Crippen LogP contribution in [0.3, 0.4) is 0 Å². The van der Waals surface area contributed by atoms with Crippen LogP contribution >= 0.6 is 0 Å². The fourth-order valence-electron chi connectivity index (χ4n) is 2.48. The SMILES string of the molecule is CCOC(=O)c1ccc(-c2c(C)nn(-c3ccccn3)c2O)cc1. The van der Waals surface area contributed by atoms with Crippen molar-refractivity contribution in [3.8, 4) is 22.8 Å². The molecule has 0 atom stereocenters. The van der Waals surface area contributed by atoms with Gasteiger partial charge in [0.1, 0.15) is 0 Å². The van der Waals surface area contributed by atoms with E-state index >= 15 is 0 Å². The minimum absolute atomic E-state index is 0.00934. The quantitative estimate of drug-likeness (QED) is 0.746. The number of rotatable bonds is 4. The van der Waals surface area contributed by atoms with Crippen LogP contribution in [0.15, 0.2) is 48.7 Å². The molecule has 0 aliphatic carbocycles. The zero-order chi connectivity index (χ0) is 17.1. The Bertz CT molecular complexity index is 855. The largest absolute Gasteiger partial charge is 0.493 e. The van der Waals surface area contributed by atoms with Gasteiger partial charge < -0.3 is 9.84 Å². The van der Waals surface area contributed by atoms with Crippen LogP contribution in [-0.2, 0) is 4.74 Å². The van der Waals surface area contributed by atoms with Crippen LogP contribution in [0, 0.1) is 6.92 Å². The van der Waals surface area contributed by atoms with E-state index in [2.05, 4.69) is 10.1 Å². The third-order valence-corrected chi connectivity index (χ3v) is 3.59. The number of hydrogen-bond acceptors (Lipinski definition) is 5. The number of carbonyl (C=O) groups excluding carboxylic acids is 1. The van der Waals surface area contributed by atoms with Crippen molar-refractivity contribution in [1.82, 2.24) is 14.8 Å². The summed E-state index contributed by atoms with van der Waals surface area (Å²) in [6.07, 6.45) is 1.64. The summed E-state index contributed by atoms with van der Waals surface area (Å²) in [6, 6.07) is 12.3. The number of esters is 1. The Morgan fingerprint density at radius 3 is 2.58 bits per heavy atom. The molecule has 0 spiro atoms. The van der Waals surface area contributed by atoms with Crippen LogP contribution in [0.2, 0.25) is 0 Å². The zero-order valence-corrected chi connectivity index (χ0v) is 13.4. The molecule has 0 unspecified atom stereocenters. The third kappa shape index (κ3) is 2.86. The van der Waals surface area contributed by atoms with Gasteiger partial charge in [0.15, 0.2) is 5.82 Å². The summed E-state index contributed by atoms with van der Waals surface area (Å²) in [4.78, 5) is 15.9. The molecule has 24 heavy (non-hydrogen) atoms. The van der Waals surface area contributed by atoms with E-state index in [0.717, 1.165) is 5.56 Å². The minimum Gasteiger partial charge on any atom is -0.493 e. The van der Waals surface area contributed by atoms with Gasteiger partial charge >= 0.3 is 5.97 Å². The molecule has 3 rings (SSSR count). The molecule has 1 aromatic carbocycles. The summed E-state index contributed by atoms with van der Waals surface area (Å²) in [5.74, 6) is 0.178. The van der Waals surface area contributed by atoms with Gasteiger partial charge in [-0.3, -0.25) is 0 Å². The molecule has 6 nitrogen and oxygen atoms in total. The normalized spacial score (nSPS) is 10.6. The highest BCUT2D eigenvalue weighted by Gasteiger charge is 2.18. The molecule has 0 radical (unpaired) electrons. The molecule has 0 fully saturated rings. The van der Waals surface area contributed by atoms with E-state index < -0.39 is 0 Å². The second kappa shape index (κ2) is 6.54. The molecule has 6 heteroatoms. The maximum Gasteiger partial charge on any atom is 0.338 e. The molecule has 1 N–H and O–H groups in total. The van der Waals surface area contributed by atoms with Gasteiger partial charge in [-0.2, -0.15) is 9.78 Å². The number of aryl methyl sites for hydroxylation is 1. The summed E-state index contributed by atoms with van der Waals surface area (Å²) in [5, 5.41) is 14.9. The first-order valence-electron chi connectivity index (χ1n) is 7.59. The Balaban J connectivity index is 1.98. The number of benzene rings is 1. The lowest BCUT2D eigenvalue weighted by Gasteiger charge is -2.05. The lowest BCUT2D eigenvalue weighted by atomic mass is 10.0. The number of pyridine rings is 1. The first-order chi connectivity index (χ1) is 11.6. The topological polar surface area (TPSA) is 77.2 Å². The van der Waals surface area contributed by atoms with E-state index in [-0.39, 0.29) is 11.8 Å². The van der Waals surface area contributed by atoms with Gasteiger partial charge in [-0.15, -0.1) is 0 Å². The zero-order valence-electron chi connectivity index (χ0n) is 13.4. The molecule has 0 bridgehead atoms. The van der Waals surface area contributed by atoms with E-state index in [1.807, 2.05) is 13.0 Å². The molecule has 2 heterocycles. The smallest absolute Gasteiger partial charge is 0.338 e. The molecule has 122 valence electrons. The Labute approximate surface area is 139 Å². The molecule has 0 amide bonds. The molecule has 0 aliphatic heterocycles. The lowest BCUT2D eigenvalue weighted by Crippen LogP contribution is -2.04. The van der Waals surface area contributed by atoms with Crippen molar-refractivity contribution < 1.29 is 14.6 Å². The standard InChI is InChI=1S/C18H17N3O3/c1-3-24-18(23)14-9-7-13(8-10-14)16-12(2)20-21(17(16)22)15-6-4-5-11-19-15/h4-11,22H,3H2,1-2H3. The van der Waals surface area contributed by atoms with Crippen molar-refractivity contribution in [2.45, 2.75) is 13.8 Å². The van der Waals surface area contributed by atoms with Crippen molar-refractivity contribution >= 4 is 5.97 Å². The fourth-order valence-corrected chi connectivity index (χ4v) is 2.48. The van der Waals surface area contributed by atoms with Gasteiger partial charge in [0.2, 0.25) is 5.88 Å². The van der Waals surface area contributed by atoms with Gasteiger partial charge in [0.05, 0.1) is 23.4 Å². The van der Waals surface area contributed by atoms with Gasteiger partial charge in [-0.1, -0.05) is 18.2 Å². The second-order valence-electron chi connectivity index (χ2n) is 5.18. The van der Waals surface area contributed by atoms with E-state index in [9.17, 15) is 9.90 Å². The van der Waals surface area contributed by atoms with Crippen molar-refractivity contribution in [1.29, 1.82) is 0 Å². The van der Waals surface area contributed by atoms with E-state index in [4.69, 9.17) is 4.74 Å². The van der Waals surface area contributed by atoms with Gasteiger partial charge in [0, 0.05) is 6.20 Å². The van der Waals surface area contributed by atoms with Crippen LogP contribution < -0.4 is 0 Å². The van der Waals surface area contributed by atoms with Gasteiger partial charge in [-0.25, -0.2) is 9.78 Å². The number of nitrogens with zero attached hydrogens (tertiary/aromatic N) is 3. The lowest BCUT2D eigenvalue weighted by molar-refractivity contribution is 0.0526. The van der Waals surface area contributed by atoms with Crippen LogP contribution in [0.5, 0.6) is 5.88 Å². The molecular formula is C18H17N3O3. The molecule has 0 saturated heterocycles. The third-order valence-electron chi connectivity index (χ3n) is 3.59. The second-order valence-corrected chi connectivity index (χ2v) is 5.18. The average Bonchev–Trinajstić information content (AvgIpc) is 2.90. The van der Waals surface area contributed by atoms with Crippen molar-refractivity contribution in [3.05, 3.63) is 59.9 Å². The molecule has 2 aromatic heterocycles. The van der Waals surface area contributed by atoms with E-state index in [1.54, 1.807) is 49.5 Å². The minimum atomic E-state index is -0.367. The van der Waals surface area contributed by atoms with Crippen LogP contribution in [0.25, 0.3) is 16.9 Å². The summed E-state index contributed by atoms with van der Waals surface area (Å²) in [5.41, 5.74) is 2.51. The summed E-state index contributed by atoms with van der Waals surface area (Å²) in [6.45, 7) is 3.91. The highest BCUT2D eigenvalue weighted by Crippen LogP contribution is 2.33. The Hall–Kier alpha value is -3.15. The molecule has 3 aromatic rings. The van der Waals surface area contributed by atoms with E-state index in [0.29, 0.717) is 29.2 Å². The predicted octanol–water partition coefficient (Wildman–Crippen LogP) is 3.13. The van der Waals surface area contributed by atoms with Crippen molar-refractivity contribution in [3.63, 3.8) is 0 Å². The number of aromatic nitrogens is 3.